The van der Waals surface area contributed by atoms with E-state index in [4.69, 9.17) is 4.74 Å². The normalized spacial score (nSPS) is 17.4. The Morgan fingerprint density at radius 2 is 2.05 bits per heavy atom. The molecule has 0 aromatic rings. The second kappa shape index (κ2) is 10.2. The molecule has 1 unspecified atom stereocenters. The Bertz CT molecular complexity index is 385. The Kier molecular flexibility index (Phi) is 8.53. The van der Waals surface area contributed by atoms with Crippen molar-refractivity contribution < 1.29 is 14.3 Å². The molecule has 0 N–H and O–H groups in total. The van der Waals surface area contributed by atoms with E-state index in [1.807, 2.05) is 4.90 Å². The van der Waals surface area contributed by atoms with Crippen molar-refractivity contribution in [2.45, 2.75) is 70.8 Å². The molecular weight excluding hydrogens is 266 g/mol. The van der Waals surface area contributed by atoms with Crippen LogP contribution >= 0.6 is 0 Å². The van der Waals surface area contributed by atoms with Gasteiger partial charge in [-0.05, 0) is 25.5 Å². The summed E-state index contributed by atoms with van der Waals surface area (Å²) in [6.45, 7) is 6.74. The smallest absolute Gasteiger partial charge is 0.311 e. The zero-order chi connectivity index (χ0) is 15.5. The van der Waals surface area contributed by atoms with Crippen LogP contribution < -0.4 is 0 Å². The molecule has 0 spiro atoms. The zero-order valence-electron chi connectivity index (χ0n) is 13.1. The second-order valence-corrected chi connectivity index (χ2v) is 5.54. The van der Waals surface area contributed by atoms with E-state index in [9.17, 15) is 9.59 Å². The van der Waals surface area contributed by atoms with Crippen molar-refractivity contribution in [3.8, 4) is 0 Å². The average Bonchev–Trinajstić information content (AvgIpc) is 2.96. The van der Waals surface area contributed by atoms with Crippen molar-refractivity contribution in [3.05, 3.63) is 18.5 Å². The summed E-state index contributed by atoms with van der Waals surface area (Å²) < 4.78 is 5.21. The van der Waals surface area contributed by atoms with Gasteiger partial charge in [0.2, 0.25) is 5.76 Å². The summed E-state index contributed by atoms with van der Waals surface area (Å²) >= 11 is 0. The van der Waals surface area contributed by atoms with Gasteiger partial charge in [-0.3, -0.25) is 4.79 Å². The van der Waals surface area contributed by atoms with E-state index in [0.717, 1.165) is 38.6 Å². The maximum Gasteiger partial charge on any atom is 0.311 e. The van der Waals surface area contributed by atoms with E-state index in [1.165, 1.54) is 19.3 Å². The molecule has 0 amide bonds. The predicted octanol–water partition coefficient (Wildman–Crippen LogP) is 3.60. The lowest BCUT2D eigenvalue weighted by molar-refractivity contribution is -0.140. The standard InChI is InChI=1S/C17H27NO3/c1-3-5-6-7-8-9-12-17(20)21-16(14-19)15-11-10-13-18(15)4-2/h4,15H,2-3,5-13H2,1H3. The van der Waals surface area contributed by atoms with Crippen LogP contribution in [0.2, 0.25) is 0 Å². The third kappa shape index (κ3) is 6.17. The van der Waals surface area contributed by atoms with Crippen molar-refractivity contribution in [1.82, 2.24) is 4.90 Å². The first-order valence-electron chi connectivity index (χ1n) is 8.06. The fraction of sp³-hybridized carbons (Fsp3) is 0.706. The minimum Gasteiger partial charge on any atom is -0.417 e. The molecule has 0 aromatic heterocycles. The van der Waals surface area contributed by atoms with E-state index in [2.05, 4.69) is 13.5 Å². The highest BCUT2D eigenvalue weighted by Crippen LogP contribution is 2.23. The topological polar surface area (TPSA) is 46.6 Å². The molecule has 1 atom stereocenters. The van der Waals surface area contributed by atoms with Gasteiger partial charge in [0.05, 0.1) is 6.04 Å². The van der Waals surface area contributed by atoms with Gasteiger partial charge < -0.3 is 9.64 Å². The summed E-state index contributed by atoms with van der Waals surface area (Å²) in [5, 5.41) is 0. The summed E-state index contributed by atoms with van der Waals surface area (Å²) in [5.74, 6) is 1.59. The van der Waals surface area contributed by atoms with E-state index in [0.29, 0.717) is 6.42 Å². The third-order valence-corrected chi connectivity index (χ3v) is 3.89. The minimum absolute atomic E-state index is 0.114. The van der Waals surface area contributed by atoms with Crippen LogP contribution in [0.4, 0.5) is 0 Å². The first-order chi connectivity index (χ1) is 10.2. The first-order valence-corrected chi connectivity index (χ1v) is 8.06. The molecule has 0 radical (unpaired) electrons. The number of esters is 1. The highest BCUT2D eigenvalue weighted by atomic mass is 16.5. The van der Waals surface area contributed by atoms with Gasteiger partial charge in [0.1, 0.15) is 0 Å². The van der Waals surface area contributed by atoms with Crippen molar-refractivity contribution in [3.63, 3.8) is 0 Å². The Labute approximate surface area is 127 Å². The van der Waals surface area contributed by atoms with Crippen LogP contribution in [0, 0.1) is 0 Å². The van der Waals surface area contributed by atoms with Crippen LogP contribution in [0.3, 0.4) is 0 Å². The quantitative estimate of drug-likeness (QED) is 0.267. The van der Waals surface area contributed by atoms with E-state index >= 15 is 0 Å². The Morgan fingerprint density at radius 3 is 2.71 bits per heavy atom. The number of nitrogens with zero attached hydrogens (tertiary/aromatic N) is 1. The molecule has 21 heavy (non-hydrogen) atoms. The molecule has 1 heterocycles. The number of hydrogen-bond donors (Lipinski definition) is 0. The number of carbonyl (C=O) groups is 1. The van der Waals surface area contributed by atoms with Crippen molar-refractivity contribution >= 4 is 11.9 Å². The molecule has 1 aliphatic heterocycles. The SMILES string of the molecule is C=CN1CCCC1C(=C=O)OC(=O)CCCCCCCC. The van der Waals surface area contributed by atoms with Crippen molar-refractivity contribution in [2.75, 3.05) is 6.54 Å². The van der Waals surface area contributed by atoms with Gasteiger partial charge in [-0.15, -0.1) is 0 Å². The van der Waals surface area contributed by atoms with E-state index < -0.39 is 0 Å². The van der Waals surface area contributed by atoms with Gasteiger partial charge in [-0.1, -0.05) is 45.6 Å². The average molecular weight is 293 g/mol. The molecule has 0 aromatic carbocycles. The fourth-order valence-corrected chi connectivity index (χ4v) is 2.67. The van der Waals surface area contributed by atoms with Gasteiger partial charge >= 0.3 is 5.97 Å². The number of ether oxygens (including phenoxy) is 1. The van der Waals surface area contributed by atoms with Gasteiger partial charge in [0.25, 0.3) is 0 Å². The number of likely N-dealkylation sites (tertiary alicyclic amines) is 1. The largest absolute Gasteiger partial charge is 0.417 e. The van der Waals surface area contributed by atoms with Crippen LogP contribution in [0.5, 0.6) is 0 Å². The molecule has 1 fully saturated rings. The van der Waals surface area contributed by atoms with E-state index in [1.54, 1.807) is 12.1 Å². The molecule has 1 saturated heterocycles. The highest BCUT2D eigenvalue weighted by molar-refractivity contribution is 5.72. The number of carbonyl (C=O) groups excluding carboxylic acids is 2. The summed E-state index contributed by atoms with van der Waals surface area (Å²) in [7, 11) is 0. The zero-order valence-corrected chi connectivity index (χ0v) is 13.1. The minimum atomic E-state index is -0.320. The summed E-state index contributed by atoms with van der Waals surface area (Å²) in [6.07, 6.45) is 10.6. The van der Waals surface area contributed by atoms with Crippen LogP contribution in [-0.2, 0) is 14.3 Å². The second-order valence-electron chi connectivity index (χ2n) is 5.54. The first kappa shape index (κ1) is 17.5. The van der Waals surface area contributed by atoms with Gasteiger partial charge in [0.15, 0.2) is 5.94 Å². The van der Waals surface area contributed by atoms with Crippen LogP contribution in [-0.4, -0.2) is 29.4 Å². The maximum atomic E-state index is 11.8. The lowest BCUT2D eigenvalue weighted by atomic mass is 10.1. The Balaban J connectivity index is 2.28. The number of hydrogen-bond acceptors (Lipinski definition) is 4. The van der Waals surface area contributed by atoms with Gasteiger partial charge in [0, 0.05) is 13.0 Å². The summed E-state index contributed by atoms with van der Waals surface area (Å²) in [4.78, 5) is 24.8. The monoisotopic (exact) mass is 293 g/mol. The number of unbranched alkanes of at least 4 members (excludes halogenated alkanes) is 5. The van der Waals surface area contributed by atoms with Gasteiger partial charge in [-0.25, -0.2) is 4.79 Å². The van der Waals surface area contributed by atoms with Crippen molar-refractivity contribution in [2.24, 2.45) is 0 Å². The Morgan fingerprint density at radius 1 is 1.33 bits per heavy atom. The molecule has 0 aliphatic carbocycles. The molecule has 4 nitrogen and oxygen atoms in total. The predicted molar refractivity (Wildman–Crippen MR) is 83.2 cm³/mol. The van der Waals surface area contributed by atoms with Gasteiger partial charge in [-0.2, -0.15) is 0 Å². The summed E-state index contributed by atoms with van der Waals surface area (Å²) in [6, 6.07) is -0.173. The molecular formula is C17H27NO3. The third-order valence-electron chi connectivity index (χ3n) is 3.89. The molecule has 4 heteroatoms. The van der Waals surface area contributed by atoms with Crippen LogP contribution in [0.15, 0.2) is 18.5 Å². The molecule has 0 saturated carbocycles. The van der Waals surface area contributed by atoms with Crippen LogP contribution in [0.1, 0.15) is 64.7 Å². The Hall–Kier alpha value is -1.54. The molecule has 118 valence electrons. The van der Waals surface area contributed by atoms with Crippen molar-refractivity contribution in [1.29, 1.82) is 0 Å². The fourth-order valence-electron chi connectivity index (χ4n) is 2.67. The lowest BCUT2D eigenvalue weighted by Gasteiger charge is -2.21. The molecule has 1 aliphatic rings. The summed E-state index contributed by atoms with van der Waals surface area (Å²) in [5.41, 5.74) is 0. The molecule has 1 rings (SSSR count). The lowest BCUT2D eigenvalue weighted by Crippen LogP contribution is -2.28. The maximum absolute atomic E-state index is 11.8. The van der Waals surface area contributed by atoms with Crippen LogP contribution in [0.25, 0.3) is 0 Å². The highest BCUT2D eigenvalue weighted by Gasteiger charge is 2.28. The number of rotatable bonds is 10. The molecule has 0 bridgehead atoms. The van der Waals surface area contributed by atoms with E-state index in [-0.39, 0.29) is 17.8 Å².